The molecule has 1 aromatic carbocycles. The lowest BCUT2D eigenvalue weighted by Gasteiger charge is -2.14. The number of hydrogen-bond donors (Lipinski definition) is 1. The van der Waals surface area contributed by atoms with Gasteiger partial charge in [0.15, 0.2) is 11.5 Å². The van der Waals surface area contributed by atoms with Gasteiger partial charge in [0.1, 0.15) is 11.8 Å². The van der Waals surface area contributed by atoms with Crippen LogP contribution in [-0.4, -0.2) is 25.6 Å². The molecule has 2 heterocycles. The fourth-order valence-electron chi connectivity index (χ4n) is 2.30. The number of aryl methyl sites for hydroxylation is 1. The second kappa shape index (κ2) is 5.28. The minimum Gasteiger partial charge on any atom is -0.365 e. The molecule has 5 nitrogen and oxygen atoms in total. The average molecular weight is 267 g/mol. The first-order valence-corrected chi connectivity index (χ1v) is 6.66. The minimum absolute atomic E-state index is 0.275. The van der Waals surface area contributed by atoms with E-state index in [1.807, 2.05) is 17.7 Å². The molecule has 0 saturated carbocycles. The van der Waals surface area contributed by atoms with Crippen LogP contribution in [0.1, 0.15) is 12.5 Å². The maximum atomic E-state index is 4.35. The summed E-state index contributed by atoms with van der Waals surface area (Å²) in [5, 5.41) is 3.42. The number of nitrogens with one attached hydrogen (secondary N) is 1. The molecule has 0 spiro atoms. The van der Waals surface area contributed by atoms with Gasteiger partial charge in [-0.25, -0.2) is 15.0 Å². The van der Waals surface area contributed by atoms with Crippen molar-refractivity contribution in [1.29, 1.82) is 0 Å². The highest BCUT2D eigenvalue weighted by Crippen LogP contribution is 2.18. The molecule has 102 valence electrons. The van der Waals surface area contributed by atoms with Crippen molar-refractivity contribution in [3.63, 3.8) is 0 Å². The van der Waals surface area contributed by atoms with Gasteiger partial charge < -0.3 is 9.88 Å². The Morgan fingerprint density at radius 3 is 2.75 bits per heavy atom. The van der Waals surface area contributed by atoms with E-state index in [4.69, 9.17) is 0 Å². The van der Waals surface area contributed by atoms with Crippen LogP contribution in [0.4, 0.5) is 5.82 Å². The molecule has 0 amide bonds. The molecule has 3 aromatic rings. The standard InChI is InChI=1S/C15H17N5/c1-11(8-12-6-4-3-5-7-12)19-14-13-15(17-9-16-14)20(2)10-18-13/h3-7,9-11H,8H2,1-2H3,(H,16,17,19). The molecular weight excluding hydrogens is 250 g/mol. The number of nitrogens with zero attached hydrogens (tertiary/aromatic N) is 4. The lowest BCUT2D eigenvalue weighted by Crippen LogP contribution is -2.19. The van der Waals surface area contributed by atoms with Gasteiger partial charge in [0.25, 0.3) is 0 Å². The first-order valence-electron chi connectivity index (χ1n) is 6.66. The second-order valence-corrected chi connectivity index (χ2v) is 4.99. The largest absolute Gasteiger partial charge is 0.365 e. The Hall–Kier alpha value is -2.43. The van der Waals surface area contributed by atoms with E-state index in [-0.39, 0.29) is 6.04 Å². The summed E-state index contributed by atoms with van der Waals surface area (Å²) in [6, 6.07) is 10.7. The van der Waals surface area contributed by atoms with E-state index < -0.39 is 0 Å². The molecule has 0 fully saturated rings. The lowest BCUT2D eigenvalue weighted by molar-refractivity contribution is 0.785. The first-order chi connectivity index (χ1) is 9.74. The summed E-state index contributed by atoms with van der Waals surface area (Å²) in [5.74, 6) is 0.791. The topological polar surface area (TPSA) is 55.6 Å². The predicted octanol–water partition coefficient (Wildman–Crippen LogP) is 2.41. The highest BCUT2D eigenvalue weighted by atomic mass is 15.1. The van der Waals surface area contributed by atoms with Crippen LogP contribution in [0.5, 0.6) is 0 Å². The second-order valence-electron chi connectivity index (χ2n) is 4.99. The zero-order valence-corrected chi connectivity index (χ0v) is 11.6. The van der Waals surface area contributed by atoms with Crippen LogP contribution in [0.2, 0.25) is 0 Å². The maximum Gasteiger partial charge on any atom is 0.165 e. The first kappa shape index (κ1) is 12.6. The lowest BCUT2D eigenvalue weighted by atomic mass is 10.1. The van der Waals surface area contributed by atoms with Crippen LogP contribution in [0, 0.1) is 0 Å². The van der Waals surface area contributed by atoms with E-state index in [0.717, 1.165) is 23.4 Å². The molecule has 0 radical (unpaired) electrons. The maximum absolute atomic E-state index is 4.35. The summed E-state index contributed by atoms with van der Waals surface area (Å²) in [6.45, 7) is 2.14. The van der Waals surface area contributed by atoms with Crippen molar-refractivity contribution in [2.75, 3.05) is 5.32 Å². The quantitative estimate of drug-likeness (QED) is 0.788. The number of hydrogen-bond acceptors (Lipinski definition) is 4. The van der Waals surface area contributed by atoms with E-state index in [1.54, 1.807) is 12.7 Å². The van der Waals surface area contributed by atoms with Crippen LogP contribution < -0.4 is 5.32 Å². The molecule has 0 aliphatic heterocycles. The summed E-state index contributed by atoms with van der Waals surface area (Å²) in [4.78, 5) is 12.9. The zero-order chi connectivity index (χ0) is 13.9. The third-order valence-corrected chi connectivity index (χ3v) is 3.26. The van der Waals surface area contributed by atoms with E-state index in [9.17, 15) is 0 Å². The monoisotopic (exact) mass is 267 g/mol. The van der Waals surface area contributed by atoms with Crippen molar-refractivity contribution in [2.24, 2.45) is 7.05 Å². The molecule has 0 saturated heterocycles. The molecule has 3 rings (SSSR count). The summed E-state index contributed by atoms with van der Waals surface area (Å²) in [5.41, 5.74) is 2.96. The van der Waals surface area contributed by atoms with Gasteiger partial charge >= 0.3 is 0 Å². The van der Waals surface area contributed by atoms with Crippen LogP contribution in [0.25, 0.3) is 11.2 Å². The molecule has 1 atom stereocenters. The zero-order valence-electron chi connectivity index (χ0n) is 11.6. The van der Waals surface area contributed by atoms with Gasteiger partial charge in [-0.2, -0.15) is 0 Å². The van der Waals surface area contributed by atoms with Gasteiger partial charge in [-0.15, -0.1) is 0 Å². The van der Waals surface area contributed by atoms with Gasteiger partial charge in [0.2, 0.25) is 0 Å². The smallest absolute Gasteiger partial charge is 0.165 e. The van der Waals surface area contributed by atoms with Crippen LogP contribution in [0.3, 0.4) is 0 Å². The Morgan fingerprint density at radius 1 is 1.15 bits per heavy atom. The fraction of sp³-hybridized carbons (Fsp3) is 0.267. The van der Waals surface area contributed by atoms with Gasteiger partial charge in [-0.1, -0.05) is 30.3 Å². The average Bonchev–Trinajstić information content (AvgIpc) is 2.83. The summed E-state index contributed by atoms with van der Waals surface area (Å²) >= 11 is 0. The number of aromatic nitrogens is 4. The number of imidazole rings is 1. The van der Waals surface area contributed by atoms with Gasteiger partial charge in [-0.3, -0.25) is 0 Å². The Balaban J connectivity index is 1.79. The van der Waals surface area contributed by atoms with Crippen molar-refractivity contribution < 1.29 is 0 Å². The van der Waals surface area contributed by atoms with Gasteiger partial charge in [-0.05, 0) is 18.9 Å². The number of rotatable bonds is 4. The van der Waals surface area contributed by atoms with Crippen molar-refractivity contribution in [1.82, 2.24) is 19.5 Å². The molecule has 0 aliphatic carbocycles. The van der Waals surface area contributed by atoms with Crippen molar-refractivity contribution in [2.45, 2.75) is 19.4 Å². The summed E-state index contributed by atoms with van der Waals surface area (Å²) < 4.78 is 1.89. The molecular formula is C15H17N5. The van der Waals surface area contributed by atoms with E-state index in [1.165, 1.54) is 5.56 Å². The molecule has 2 aromatic heterocycles. The third-order valence-electron chi connectivity index (χ3n) is 3.26. The summed E-state index contributed by atoms with van der Waals surface area (Å²) in [6.07, 6.45) is 4.27. The van der Waals surface area contributed by atoms with Gasteiger partial charge in [0.05, 0.1) is 6.33 Å². The predicted molar refractivity (Wildman–Crippen MR) is 79.5 cm³/mol. The normalized spacial score (nSPS) is 12.5. The Labute approximate surface area is 117 Å². The SMILES string of the molecule is CC(Cc1ccccc1)Nc1ncnc2c1ncn2C. The van der Waals surface area contributed by atoms with E-state index in [2.05, 4.69) is 51.5 Å². The van der Waals surface area contributed by atoms with Crippen LogP contribution in [0.15, 0.2) is 43.0 Å². The fourth-order valence-corrected chi connectivity index (χ4v) is 2.30. The number of benzene rings is 1. The van der Waals surface area contributed by atoms with E-state index >= 15 is 0 Å². The highest BCUT2D eigenvalue weighted by Gasteiger charge is 2.11. The molecule has 1 N–H and O–H groups in total. The molecule has 1 unspecified atom stereocenters. The van der Waals surface area contributed by atoms with Crippen molar-refractivity contribution in [3.8, 4) is 0 Å². The molecule has 20 heavy (non-hydrogen) atoms. The van der Waals surface area contributed by atoms with Gasteiger partial charge in [0, 0.05) is 13.1 Å². The van der Waals surface area contributed by atoms with Crippen molar-refractivity contribution in [3.05, 3.63) is 48.5 Å². The molecule has 0 aliphatic rings. The minimum atomic E-state index is 0.275. The number of anilines is 1. The third kappa shape index (κ3) is 2.47. The highest BCUT2D eigenvalue weighted by molar-refractivity contribution is 5.82. The Kier molecular flexibility index (Phi) is 3.33. The van der Waals surface area contributed by atoms with Crippen LogP contribution >= 0.6 is 0 Å². The number of fused-ring (bicyclic) bond motifs is 1. The van der Waals surface area contributed by atoms with Crippen molar-refractivity contribution >= 4 is 17.0 Å². The molecule has 0 bridgehead atoms. The summed E-state index contributed by atoms with van der Waals surface area (Å²) in [7, 11) is 1.93. The Bertz CT molecular complexity index is 705. The van der Waals surface area contributed by atoms with E-state index in [0.29, 0.717) is 0 Å². The van der Waals surface area contributed by atoms with Crippen LogP contribution in [-0.2, 0) is 13.5 Å². The molecule has 5 heteroatoms. The Morgan fingerprint density at radius 2 is 1.95 bits per heavy atom.